The van der Waals surface area contributed by atoms with Crippen LogP contribution in [0, 0.1) is 0 Å². The van der Waals surface area contributed by atoms with Gasteiger partial charge in [0.2, 0.25) is 11.8 Å². The minimum Gasteiger partial charge on any atom is -0.508 e. The number of phenols is 2. The van der Waals surface area contributed by atoms with Gasteiger partial charge in [0.1, 0.15) is 23.0 Å². The van der Waals surface area contributed by atoms with Crippen molar-refractivity contribution in [3.8, 4) is 23.0 Å². The number of primary amides is 1. The largest absolute Gasteiger partial charge is 0.508 e. The normalized spacial score (nSPS) is 14.4. The Labute approximate surface area is 193 Å². The van der Waals surface area contributed by atoms with E-state index in [-0.39, 0.29) is 47.3 Å². The maximum atomic E-state index is 13.1. The van der Waals surface area contributed by atoms with Crippen LogP contribution in [0.15, 0.2) is 54.6 Å². The molecule has 172 valence electrons. The van der Waals surface area contributed by atoms with Gasteiger partial charge in [-0.05, 0) is 42.8 Å². The molecule has 0 atom stereocenters. The Kier molecular flexibility index (Phi) is 4.89. The van der Waals surface area contributed by atoms with Gasteiger partial charge in [0.15, 0.2) is 5.60 Å². The summed E-state index contributed by atoms with van der Waals surface area (Å²) in [4.78, 5) is 36.1. The number of anilines is 1. The van der Waals surface area contributed by atoms with Gasteiger partial charge in [-0.2, -0.15) is 0 Å². The Morgan fingerprint density at radius 3 is 2.12 bits per heavy atom. The number of aromatic hydroxyl groups is 2. The fraction of sp³-hybridized carbons (Fsp3) is 0.160. The van der Waals surface area contributed by atoms with Crippen LogP contribution in [0.2, 0.25) is 0 Å². The highest BCUT2D eigenvalue weighted by atomic mass is 16.6. The van der Waals surface area contributed by atoms with E-state index in [9.17, 15) is 24.6 Å². The number of carbonyl (C=O) groups is 3. The number of phenolic OH excluding ortho intramolecular Hbond substituents is 2. The SMILES string of the molecule is NC(=O)CCCC(=O)Nc1ccc2c(c1)C(=O)OC21c2ccc(O)cc2Oc2cc(O)ccc21. The summed E-state index contributed by atoms with van der Waals surface area (Å²) in [5, 5.41) is 22.7. The second kappa shape index (κ2) is 7.80. The number of fused-ring (bicyclic) bond motifs is 6. The summed E-state index contributed by atoms with van der Waals surface area (Å²) in [6, 6.07) is 13.9. The lowest BCUT2D eigenvalue weighted by atomic mass is 9.77. The second-order valence-corrected chi connectivity index (χ2v) is 8.16. The van der Waals surface area contributed by atoms with E-state index in [4.69, 9.17) is 15.2 Å². The van der Waals surface area contributed by atoms with Gasteiger partial charge in [-0.3, -0.25) is 9.59 Å². The van der Waals surface area contributed by atoms with Crippen LogP contribution < -0.4 is 15.8 Å². The van der Waals surface area contributed by atoms with Crippen molar-refractivity contribution < 1.29 is 34.1 Å². The number of hydrogen-bond donors (Lipinski definition) is 4. The fourth-order valence-corrected chi connectivity index (χ4v) is 4.43. The number of hydrogen-bond acceptors (Lipinski definition) is 7. The molecule has 0 aliphatic carbocycles. The van der Waals surface area contributed by atoms with Crippen molar-refractivity contribution in [2.75, 3.05) is 5.32 Å². The predicted octanol–water partition coefficient (Wildman–Crippen LogP) is 3.26. The Hall–Kier alpha value is -4.53. The molecule has 9 nitrogen and oxygen atoms in total. The summed E-state index contributed by atoms with van der Waals surface area (Å²) in [7, 11) is 0. The minimum absolute atomic E-state index is 0.0311. The van der Waals surface area contributed by atoms with Crippen molar-refractivity contribution >= 4 is 23.5 Å². The zero-order chi connectivity index (χ0) is 24.0. The Bertz CT molecular complexity index is 1310. The number of esters is 1. The molecule has 9 heteroatoms. The number of ether oxygens (including phenoxy) is 2. The molecule has 34 heavy (non-hydrogen) atoms. The van der Waals surface area contributed by atoms with Crippen molar-refractivity contribution in [3.63, 3.8) is 0 Å². The zero-order valence-corrected chi connectivity index (χ0v) is 17.8. The summed E-state index contributed by atoms with van der Waals surface area (Å²) in [6.07, 6.45) is 0.544. The highest BCUT2D eigenvalue weighted by molar-refractivity contribution is 5.99. The molecule has 0 bridgehead atoms. The van der Waals surface area contributed by atoms with E-state index in [1.165, 1.54) is 30.3 Å². The van der Waals surface area contributed by atoms with Crippen LogP contribution >= 0.6 is 0 Å². The van der Waals surface area contributed by atoms with E-state index < -0.39 is 17.5 Å². The van der Waals surface area contributed by atoms with Gasteiger partial charge in [0.25, 0.3) is 0 Å². The van der Waals surface area contributed by atoms with Crippen LogP contribution in [-0.4, -0.2) is 28.0 Å². The van der Waals surface area contributed by atoms with Crippen LogP contribution in [0.4, 0.5) is 5.69 Å². The predicted molar refractivity (Wildman–Crippen MR) is 120 cm³/mol. The molecular formula is C25H20N2O7. The average Bonchev–Trinajstić information content (AvgIpc) is 3.05. The molecule has 3 aromatic carbocycles. The lowest BCUT2D eigenvalue weighted by Gasteiger charge is -2.36. The molecule has 2 amide bonds. The lowest BCUT2D eigenvalue weighted by molar-refractivity contribution is -0.118. The quantitative estimate of drug-likeness (QED) is 0.427. The van der Waals surface area contributed by atoms with Gasteiger partial charge in [-0.25, -0.2) is 4.79 Å². The number of nitrogens with two attached hydrogens (primary N) is 1. The van der Waals surface area contributed by atoms with Crippen LogP contribution in [0.25, 0.3) is 0 Å². The van der Waals surface area contributed by atoms with Crippen molar-refractivity contribution in [3.05, 3.63) is 76.9 Å². The van der Waals surface area contributed by atoms with E-state index in [2.05, 4.69) is 5.32 Å². The summed E-state index contributed by atoms with van der Waals surface area (Å²) in [6.45, 7) is 0. The van der Waals surface area contributed by atoms with E-state index in [0.29, 0.717) is 28.8 Å². The maximum Gasteiger partial charge on any atom is 0.340 e. The molecule has 5 rings (SSSR count). The van der Waals surface area contributed by atoms with Gasteiger partial charge in [-0.15, -0.1) is 0 Å². The number of rotatable bonds is 5. The standard InChI is InChI=1S/C25H20N2O7/c26-22(30)2-1-3-23(31)27-13-4-7-17-16(10-13)24(32)34-25(17)18-8-5-14(28)11-20(18)33-21-12-15(29)6-9-19(21)25/h4-12,28-29H,1-3H2,(H2,26,30)(H,27,31). The minimum atomic E-state index is -1.36. The van der Waals surface area contributed by atoms with E-state index in [0.717, 1.165) is 0 Å². The number of carbonyl (C=O) groups excluding carboxylic acids is 3. The van der Waals surface area contributed by atoms with Gasteiger partial charge in [0.05, 0.1) is 5.56 Å². The van der Waals surface area contributed by atoms with E-state index >= 15 is 0 Å². The molecule has 2 aliphatic heterocycles. The molecule has 0 saturated heterocycles. The van der Waals surface area contributed by atoms with Crippen LogP contribution in [0.1, 0.15) is 46.3 Å². The van der Waals surface area contributed by atoms with Crippen LogP contribution in [0.5, 0.6) is 23.0 Å². The third-order valence-corrected chi connectivity index (χ3v) is 5.88. The highest BCUT2D eigenvalue weighted by Gasteiger charge is 2.53. The monoisotopic (exact) mass is 460 g/mol. The number of nitrogens with one attached hydrogen (secondary N) is 1. The first-order chi connectivity index (χ1) is 16.3. The first-order valence-corrected chi connectivity index (χ1v) is 10.6. The molecule has 5 N–H and O–H groups in total. The summed E-state index contributed by atoms with van der Waals surface area (Å²) in [5.41, 5.74) is 5.96. The topological polar surface area (TPSA) is 148 Å². The molecule has 2 heterocycles. The number of benzene rings is 3. The lowest BCUT2D eigenvalue weighted by Crippen LogP contribution is -2.32. The smallest absolute Gasteiger partial charge is 0.340 e. The first kappa shape index (κ1) is 21.3. The Morgan fingerprint density at radius 2 is 1.50 bits per heavy atom. The van der Waals surface area contributed by atoms with Gasteiger partial charge in [-0.1, -0.05) is 6.07 Å². The molecule has 0 unspecified atom stereocenters. The van der Waals surface area contributed by atoms with Gasteiger partial charge < -0.3 is 30.7 Å². The fourth-order valence-electron chi connectivity index (χ4n) is 4.43. The maximum absolute atomic E-state index is 13.1. The average molecular weight is 460 g/mol. The van der Waals surface area contributed by atoms with E-state index in [1.807, 2.05) is 0 Å². The summed E-state index contributed by atoms with van der Waals surface area (Å²) < 4.78 is 11.9. The number of amides is 2. The van der Waals surface area contributed by atoms with Gasteiger partial charge >= 0.3 is 5.97 Å². The third kappa shape index (κ3) is 3.38. The Balaban J connectivity index is 1.57. The van der Waals surface area contributed by atoms with Crippen molar-refractivity contribution in [2.24, 2.45) is 5.73 Å². The molecule has 0 fully saturated rings. The molecule has 0 radical (unpaired) electrons. The Morgan fingerprint density at radius 1 is 0.882 bits per heavy atom. The third-order valence-electron chi connectivity index (χ3n) is 5.88. The molecule has 0 aromatic heterocycles. The highest BCUT2D eigenvalue weighted by Crippen LogP contribution is 2.57. The van der Waals surface area contributed by atoms with Crippen molar-refractivity contribution in [1.29, 1.82) is 0 Å². The zero-order valence-electron chi connectivity index (χ0n) is 17.8. The molecule has 3 aromatic rings. The first-order valence-electron chi connectivity index (χ1n) is 10.6. The molecule has 0 saturated carbocycles. The molecule has 1 spiro atoms. The van der Waals surface area contributed by atoms with Crippen LogP contribution in [-0.2, 0) is 19.9 Å². The summed E-state index contributed by atoms with van der Waals surface area (Å²) >= 11 is 0. The summed E-state index contributed by atoms with van der Waals surface area (Å²) in [5.74, 6) is -0.879. The second-order valence-electron chi connectivity index (χ2n) is 8.16. The van der Waals surface area contributed by atoms with Crippen molar-refractivity contribution in [1.82, 2.24) is 0 Å². The van der Waals surface area contributed by atoms with Crippen molar-refractivity contribution in [2.45, 2.75) is 24.9 Å². The van der Waals surface area contributed by atoms with E-state index in [1.54, 1.807) is 24.3 Å². The molecule has 2 aliphatic rings. The van der Waals surface area contributed by atoms with Crippen LogP contribution in [0.3, 0.4) is 0 Å². The van der Waals surface area contributed by atoms with Gasteiger partial charge in [0, 0.05) is 47.4 Å². The molecular weight excluding hydrogens is 440 g/mol.